The third-order valence-corrected chi connectivity index (χ3v) is 6.02. The summed E-state index contributed by atoms with van der Waals surface area (Å²) in [5.41, 5.74) is 1.94. The summed E-state index contributed by atoms with van der Waals surface area (Å²) in [5, 5.41) is 0. The molecule has 0 spiro atoms. The summed E-state index contributed by atoms with van der Waals surface area (Å²) in [7, 11) is 0. The molecule has 2 aromatic heterocycles. The molecule has 30 heavy (non-hydrogen) atoms. The number of fused-ring (bicyclic) bond motifs is 1. The summed E-state index contributed by atoms with van der Waals surface area (Å²) >= 11 is 0. The molecule has 0 amide bonds. The van der Waals surface area contributed by atoms with Crippen LogP contribution in [-0.4, -0.2) is 21.4 Å². The summed E-state index contributed by atoms with van der Waals surface area (Å²) in [6.45, 7) is 4.58. The molecule has 0 N–H and O–H groups in total. The second-order valence-corrected chi connectivity index (χ2v) is 8.32. The number of aromatic nitrogens is 2. The van der Waals surface area contributed by atoms with Gasteiger partial charge in [-0.3, -0.25) is 4.90 Å². The Balaban J connectivity index is 1.27. The summed E-state index contributed by atoms with van der Waals surface area (Å²) in [4.78, 5) is 11.3. The molecular formula is C23H22F3N3O. The van der Waals surface area contributed by atoms with Crippen LogP contribution in [0.3, 0.4) is 0 Å². The monoisotopic (exact) mass is 413 g/mol. The van der Waals surface area contributed by atoms with Crippen molar-refractivity contribution in [3.8, 4) is 11.4 Å². The van der Waals surface area contributed by atoms with Gasteiger partial charge in [0.15, 0.2) is 5.82 Å². The number of benzene rings is 1. The number of hydrogen-bond donors (Lipinski definition) is 0. The summed E-state index contributed by atoms with van der Waals surface area (Å²) in [5.74, 6) is 3.85. The van der Waals surface area contributed by atoms with Gasteiger partial charge in [0.2, 0.25) is 0 Å². The average molecular weight is 413 g/mol. The van der Waals surface area contributed by atoms with Crippen molar-refractivity contribution >= 4 is 0 Å². The fraction of sp³-hybridized carbons (Fsp3) is 0.391. The van der Waals surface area contributed by atoms with Gasteiger partial charge in [0, 0.05) is 42.8 Å². The van der Waals surface area contributed by atoms with Crippen LogP contribution < -0.4 is 0 Å². The molecule has 2 atom stereocenters. The predicted molar refractivity (Wildman–Crippen MR) is 106 cm³/mol. The molecule has 4 nitrogen and oxygen atoms in total. The van der Waals surface area contributed by atoms with Crippen molar-refractivity contribution in [1.82, 2.24) is 14.9 Å². The van der Waals surface area contributed by atoms with Crippen molar-refractivity contribution in [1.29, 1.82) is 0 Å². The normalized spacial score (nSPS) is 21.5. The average Bonchev–Trinajstić information content (AvgIpc) is 3.28. The Kier molecular flexibility index (Phi) is 4.65. The number of hydrogen-bond acceptors (Lipinski definition) is 4. The predicted octanol–water partition coefficient (Wildman–Crippen LogP) is 5.44. The van der Waals surface area contributed by atoms with Crippen LogP contribution in [0.4, 0.5) is 13.2 Å². The highest BCUT2D eigenvalue weighted by Gasteiger charge is 2.36. The lowest BCUT2D eigenvalue weighted by Gasteiger charge is -2.27. The Hall–Kier alpha value is -2.67. The first-order valence-corrected chi connectivity index (χ1v) is 10.2. The smallest absolute Gasteiger partial charge is 0.416 e. The number of nitrogens with zero attached hydrogens (tertiary/aromatic N) is 3. The van der Waals surface area contributed by atoms with Crippen LogP contribution in [0, 0.1) is 5.92 Å². The quantitative estimate of drug-likeness (QED) is 0.571. The van der Waals surface area contributed by atoms with E-state index in [1.807, 2.05) is 0 Å². The van der Waals surface area contributed by atoms with Gasteiger partial charge in [0.25, 0.3) is 0 Å². The molecule has 0 bridgehead atoms. The maximum atomic E-state index is 12.8. The van der Waals surface area contributed by atoms with Gasteiger partial charge < -0.3 is 4.42 Å². The number of halogens is 3. The lowest BCUT2D eigenvalue weighted by atomic mass is 10.1. The minimum absolute atomic E-state index is 0.463. The summed E-state index contributed by atoms with van der Waals surface area (Å²) in [6.07, 6.45) is -0.563. The van der Waals surface area contributed by atoms with Gasteiger partial charge in [-0.25, -0.2) is 9.97 Å². The molecule has 1 saturated carbocycles. The highest BCUT2D eigenvalue weighted by Crippen LogP contribution is 2.47. The van der Waals surface area contributed by atoms with Crippen LogP contribution in [-0.2, 0) is 25.7 Å². The Labute approximate surface area is 172 Å². The van der Waals surface area contributed by atoms with Crippen molar-refractivity contribution in [2.24, 2.45) is 5.92 Å². The zero-order valence-corrected chi connectivity index (χ0v) is 16.6. The Morgan fingerprint density at radius 3 is 2.60 bits per heavy atom. The first-order chi connectivity index (χ1) is 14.4. The maximum Gasteiger partial charge on any atom is 0.416 e. The van der Waals surface area contributed by atoms with Gasteiger partial charge >= 0.3 is 6.18 Å². The van der Waals surface area contributed by atoms with Gasteiger partial charge in [-0.1, -0.05) is 19.1 Å². The Bertz CT molecular complexity index is 1060. The van der Waals surface area contributed by atoms with E-state index in [2.05, 4.69) is 33.9 Å². The standard InChI is InChI=1S/C23H22F3N3O/c1-14-10-19(14)21-7-6-18(30-21)13-29-9-8-20-16(12-29)11-27-22(28-20)15-2-4-17(5-3-15)23(24,25)26/h2-7,11,14,19H,8-10,12-13H2,1H3. The van der Waals surface area contributed by atoms with Crippen LogP contribution in [0.5, 0.6) is 0 Å². The SMILES string of the molecule is CC1CC1c1ccc(CN2CCc3nc(-c4ccc(C(F)(F)F)cc4)ncc3C2)o1. The fourth-order valence-corrected chi connectivity index (χ4v) is 4.07. The number of rotatable bonds is 4. The summed E-state index contributed by atoms with van der Waals surface area (Å²) in [6, 6.07) is 9.16. The van der Waals surface area contributed by atoms with Gasteiger partial charge in [-0.05, 0) is 36.6 Å². The minimum atomic E-state index is -4.34. The van der Waals surface area contributed by atoms with Crippen molar-refractivity contribution in [3.63, 3.8) is 0 Å². The molecule has 3 aromatic rings. The van der Waals surface area contributed by atoms with Crippen LogP contribution >= 0.6 is 0 Å². The third-order valence-electron chi connectivity index (χ3n) is 6.02. The maximum absolute atomic E-state index is 12.8. The van der Waals surface area contributed by atoms with Crippen LogP contribution in [0.2, 0.25) is 0 Å². The molecule has 7 heteroatoms. The Morgan fingerprint density at radius 1 is 1.13 bits per heavy atom. The van der Waals surface area contributed by atoms with E-state index in [0.717, 1.165) is 66.9 Å². The molecule has 1 aromatic carbocycles. The fourth-order valence-electron chi connectivity index (χ4n) is 4.07. The van der Waals surface area contributed by atoms with Gasteiger partial charge in [0.05, 0.1) is 17.8 Å². The minimum Gasteiger partial charge on any atom is -0.464 e. The topological polar surface area (TPSA) is 42.2 Å². The highest BCUT2D eigenvalue weighted by molar-refractivity contribution is 5.56. The van der Waals surface area contributed by atoms with Crippen LogP contribution in [0.1, 0.15) is 47.6 Å². The third kappa shape index (κ3) is 3.86. The van der Waals surface area contributed by atoms with Gasteiger partial charge in [-0.15, -0.1) is 0 Å². The molecule has 1 fully saturated rings. The van der Waals surface area contributed by atoms with Gasteiger partial charge in [-0.2, -0.15) is 13.2 Å². The van der Waals surface area contributed by atoms with Crippen molar-refractivity contribution in [2.45, 2.75) is 44.9 Å². The molecule has 0 saturated heterocycles. The van der Waals surface area contributed by atoms with E-state index in [-0.39, 0.29) is 0 Å². The van der Waals surface area contributed by atoms with Crippen LogP contribution in [0.25, 0.3) is 11.4 Å². The van der Waals surface area contributed by atoms with E-state index in [9.17, 15) is 13.2 Å². The lowest BCUT2D eigenvalue weighted by Crippen LogP contribution is -2.30. The first kappa shape index (κ1) is 19.3. The van der Waals surface area contributed by atoms with E-state index in [0.29, 0.717) is 17.3 Å². The van der Waals surface area contributed by atoms with Crippen molar-refractivity contribution in [2.75, 3.05) is 6.54 Å². The second-order valence-electron chi connectivity index (χ2n) is 8.32. The zero-order chi connectivity index (χ0) is 20.9. The first-order valence-electron chi connectivity index (χ1n) is 10.2. The molecule has 3 heterocycles. The highest BCUT2D eigenvalue weighted by atomic mass is 19.4. The number of alkyl halides is 3. The van der Waals surface area contributed by atoms with Crippen molar-refractivity contribution < 1.29 is 17.6 Å². The number of furan rings is 1. The van der Waals surface area contributed by atoms with E-state index in [4.69, 9.17) is 4.42 Å². The molecular weight excluding hydrogens is 391 g/mol. The van der Waals surface area contributed by atoms with Crippen molar-refractivity contribution in [3.05, 3.63) is 70.9 Å². The van der Waals surface area contributed by atoms with E-state index in [1.165, 1.54) is 18.6 Å². The van der Waals surface area contributed by atoms with E-state index >= 15 is 0 Å². The molecule has 1 aliphatic carbocycles. The van der Waals surface area contributed by atoms with E-state index in [1.54, 1.807) is 6.20 Å². The molecule has 2 unspecified atom stereocenters. The molecule has 0 radical (unpaired) electrons. The van der Waals surface area contributed by atoms with Gasteiger partial charge in [0.1, 0.15) is 11.5 Å². The molecule has 2 aliphatic rings. The van der Waals surface area contributed by atoms with E-state index < -0.39 is 11.7 Å². The largest absolute Gasteiger partial charge is 0.464 e. The van der Waals surface area contributed by atoms with Crippen LogP contribution in [0.15, 0.2) is 47.0 Å². The molecule has 156 valence electrons. The molecule has 1 aliphatic heterocycles. The Morgan fingerprint density at radius 2 is 1.90 bits per heavy atom. The lowest BCUT2D eigenvalue weighted by molar-refractivity contribution is -0.137. The molecule has 5 rings (SSSR count). The summed E-state index contributed by atoms with van der Waals surface area (Å²) < 4.78 is 44.3. The zero-order valence-electron chi connectivity index (χ0n) is 16.6. The second kappa shape index (κ2) is 7.23.